The molecule has 0 N–H and O–H groups in total. The molecule has 0 atom stereocenters. The maximum atomic E-state index is 6.83. The number of para-hydroxylation sites is 4. The Bertz CT molecular complexity index is 4360. The average molecular weight is 851 g/mol. The second kappa shape index (κ2) is 13.8. The van der Waals surface area contributed by atoms with Gasteiger partial charge in [0, 0.05) is 53.9 Å². The van der Waals surface area contributed by atoms with E-state index in [4.69, 9.17) is 4.42 Å². The second-order valence-corrected chi connectivity index (χ2v) is 17.9. The Hall–Kier alpha value is -8.92. The monoisotopic (exact) mass is 850 g/mol. The lowest BCUT2D eigenvalue weighted by Gasteiger charge is -2.20. The van der Waals surface area contributed by atoms with Crippen LogP contribution in [0.25, 0.3) is 142 Å². The summed E-state index contributed by atoms with van der Waals surface area (Å²) in [5.41, 5.74) is 13.7. The number of fused-ring (bicyclic) bond motifs is 13. The van der Waals surface area contributed by atoms with Crippen LogP contribution < -0.4 is 0 Å². The highest BCUT2D eigenvalue weighted by Crippen LogP contribution is 2.49. The van der Waals surface area contributed by atoms with Crippen LogP contribution in [0.15, 0.2) is 235 Å². The van der Waals surface area contributed by atoms with Gasteiger partial charge in [0.1, 0.15) is 11.2 Å². The summed E-state index contributed by atoms with van der Waals surface area (Å²) in [6.45, 7) is 0. The lowest BCUT2D eigenvalue weighted by atomic mass is 9.87. The Morgan fingerprint density at radius 1 is 0.254 bits per heavy atom. The average Bonchev–Trinajstić information content (AvgIpc) is 4.05. The number of furan rings is 1. The van der Waals surface area contributed by atoms with E-state index in [-0.39, 0.29) is 0 Å². The molecular formula is C64H38N2O. The summed E-state index contributed by atoms with van der Waals surface area (Å²) in [6, 6.07) is 84.5. The summed E-state index contributed by atoms with van der Waals surface area (Å²) in [7, 11) is 0. The molecule has 3 nitrogen and oxygen atoms in total. The van der Waals surface area contributed by atoms with E-state index in [9.17, 15) is 0 Å². The number of aromatic nitrogens is 2. The van der Waals surface area contributed by atoms with Crippen LogP contribution in [0.2, 0.25) is 0 Å². The topological polar surface area (TPSA) is 23.0 Å². The second-order valence-electron chi connectivity index (χ2n) is 17.9. The van der Waals surface area contributed by atoms with Gasteiger partial charge in [0.25, 0.3) is 0 Å². The molecule has 0 aliphatic heterocycles. The lowest BCUT2D eigenvalue weighted by Crippen LogP contribution is -1.99. The van der Waals surface area contributed by atoms with Gasteiger partial charge >= 0.3 is 0 Å². The van der Waals surface area contributed by atoms with Crippen molar-refractivity contribution >= 4 is 109 Å². The first-order valence-electron chi connectivity index (χ1n) is 23.1. The third kappa shape index (κ3) is 5.00. The molecule has 0 saturated heterocycles. The first-order valence-corrected chi connectivity index (χ1v) is 23.1. The van der Waals surface area contributed by atoms with Crippen LogP contribution in [0.4, 0.5) is 0 Å². The van der Waals surface area contributed by atoms with Crippen molar-refractivity contribution in [2.24, 2.45) is 0 Å². The van der Waals surface area contributed by atoms with Crippen LogP contribution in [0.5, 0.6) is 0 Å². The summed E-state index contributed by atoms with van der Waals surface area (Å²) in [6.07, 6.45) is 0. The van der Waals surface area contributed by atoms with E-state index in [2.05, 4.69) is 240 Å². The zero-order chi connectivity index (χ0) is 43.7. The van der Waals surface area contributed by atoms with E-state index in [1.165, 1.54) is 109 Å². The van der Waals surface area contributed by atoms with E-state index in [0.717, 1.165) is 33.1 Å². The molecular weight excluding hydrogens is 813 g/mol. The lowest BCUT2D eigenvalue weighted by molar-refractivity contribution is 0.669. The summed E-state index contributed by atoms with van der Waals surface area (Å²) < 4.78 is 11.8. The third-order valence-corrected chi connectivity index (χ3v) is 14.5. The first-order chi connectivity index (χ1) is 33.3. The summed E-state index contributed by atoms with van der Waals surface area (Å²) in [5.74, 6) is 0. The Labute approximate surface area is 384 Å². The molecule has 15 rings (SSSR count). The highest BCUT2D eigenvalue weighted by Gasteiger charge is 2.24. The van der Waals surface area contributed by atoms with Crippen molar-refractivity contribution in [2.75, 3.05) is 0 Å². The van der Waals surface area contributed by atoms with Gasteiger partial charge in [-0.1, -0.05) is 188 Å². The molecule has 12 aromatic carbocycles. The molecule has 0 spiro atoms. The van der Waals surface area contributed by atoms with Crippen molar-refractivity contribution in [3.8, 4) is 33.6 Å². The SMILES string of the molecule is c1cc(-c2c3ccccc3c(-n3c4ccccc4c4ccccc43)c3ccccc23)c2c(c1)oc1ccc(-c3c4ccccc4c(-n4c5ccccc5c5ccccc54)c4ccccc34)cc12. The minimum Gasteiger partial charge on any atom is -0.456 e. The highest BCUT2D eigenvalue weighted by molar-refractivity contribution is 6.26. The van der Waals surface area contributed by atoms with Crippen LogP contribution in [0.3, 0.4) is 0 Å². The number of rotatable bonds is 4. The molecule has 67 heavy (non-hydrogen) atoms. The zero-order valence-electron chi connectivity index (χ0n) is 36.2. The smallest absolute Gasteiger partial charge is 0.136 e. The normalized spacial score (nSPS) is 12.2. The fourth-order valence-electron chi connectivity index (χ4n) is 11.8. The highest BCUT2D eigenvalue weighted by atomic mass is 16.3. The molecule has 0 saturated carbocycles. The Morgan fingerprint density at radius 2 is 0.612 bits per heavy atom. The maximum absolute atomic E-state index is 6.83. The van der Waals surface area contributed by atoms with Gasteiger partial charge in [0.15, 0.2) is 0 Å². The molecule has 0 fully saturated rings. The molecule has 0 unspecified atom stereocenters. The van der Waals surface area contributed by atoms with Gasteiger partial charge in [0.2, 0.25) is 0 Å². The van der Waals surface area contributed by atoms with Crippen molar-refractivity contribution in [2.45, 2.75) is 0 Å². The van der Waals surface area contributed by atoms with E-state index >= 15 is 0 Å². The molecule has 0 aliphatic rings. The fraction of sp³-hybridized carbons (Fsp3) is 0. The Morgan fingerprint density at radius 3 is 1.03 bits per heavy atom. The van der Waals surface area contributed by atoms with Crippen LogP contribution in [0.1, 0.15) is 0 Å². The van der Waals surface area contributed by atoms with E-state index in [0.29, 0.717) is 0 Å². The Balaban J connectivity index is 1.01. The van der Waals surface area contributed by atoms with E-state index < -0.39 is 0 Å². The molecule has 3 heteroatoms. The van der Waals surface area contributed by atoms with Crippen molar-refractivity contribution in [3.05, 3.63) is 231 Å². The molecule has 0 amide bonds. The Kier molecular flexibility index (Phi) is 7.50. The van der Waals surface area contributed by atoms with Crippen molar-refractivity contribution < 1.29 is 4.42 Å². The van der Waals surface area contributed by atoms with Crippen LogP contribution >= 0.6 is 0 Å². The van der Waals surface area contributed by atoms with Crippen molar-refractivity contribution in [1.29, 1.82) is 0 Å². The molecule has 0 bridgehead atoms. The van der Waals surface area contributed by atoms with Crippen LogP contribution in [0, 0.1) is 0 Å². The molecule has 0 radical (unpaired) electrons. The van der Waals surface area contributed by atoms with Gasteiger partial charge in [-0.3, -0.25) is 0 Å². The number of nitrogens with zero attached hydrogens (tertiary/aromatic N) is 2. The number of hydrogen-bond donors (Lipinski definition) is 0. The minimum absolute atomic E-state index is 0.872. The summed E-state index contributed by atoms with van der Waals surface area (Å²) >= 11 is 0. The largest absolute Gasteiger partial charge is 0.456 e. The van der Waals surface area contributed by atoms with Gasteiger partial charge in [-0.15, -0.1) is 0 Å². The van der Waals surface area contributed by atoms with E-state index in [1.807, 2.05) is 0 Å². The predicted octanol–water partition coefficient (Wildman–Crippen LogP) is 17.7. The van der Waals surface area contributed by atoms with Crippen molar-refractivity contribution in [3.63, 3.8) is 0 Å². The van der Waals surface area contributed by atoms with Gasteiger partial charge in [-0.2, -0.15) is 0 Å². The molecule has 3 heterocycles. The molecule has 310 valence electrons. The van der Waals surface area contributed by atoms with E-state index in [1.54, 1.807) is 0 Å². The molecule has 0 aliphatic carbocycles. The number of hydrogen-bond acceptors (Lipinski definition) is 1. The fourth-order valence-corrected chi connectivity index (χ4v) is 11.8. The maximum Gasteiger partial charge on any atom is 0.136 e. The summed E-state index contributed by atoms with van der Waals surface area (Å²) in [5, 5.41) is 16.9. The van der Waals surface area contributed by atoms with Gasteiger partial charge in [-0.25, -0.2) is 0 Å². The van der Waals surface area contributed by atoms with Gasteiger partial charge in [0.05, 0.1) is 33.4 Å². The third-order valence-electron chi connectivity index (χ3n) is 14.5. The minimum atomic E-state index is 0.872. The predicted molar refractivity (Wildman–Crippen MR) is 283 cm³/mol. The first kappa shape index (κ1) is 36.4. The number of benzene rings is 12. The van der Waals surface area contributed by atoms with Crippen molar-refractivity contribution in [1.82, 2.24) is 9.13 Å². The summed E-state index contributed by atoms with van der Waals surface area (Å²) in [4.78, 5) is 0. The zero-order valence-corrected chi connectivity index (χ0v) is 36.2. The molecule has 15 aromatic rings. The van der Waals surface area contributed by atoms with Crippen LogP contribution in [-0.4, -0.2) is 9.13 Å². The molecule has 3 aromatic heterocycles. The van der Waals surface area contributed by atoms with Gasteiger partial charge in [-0.05, 0) is 86.3 Å². The standard InChI is InChI=1S/C64H38N2O/c1-5-26-48-44(22-1)60(45-23-2-6-27-49(45)63(48)65-54-31-13-9-18-40(54)41-19-10-14-32-55(41)65)39-36-37-58-53(38-39)62-52(30-17-35-59(62)67-58)61-46-24-3-7-28-50(46)64(51-29-8-4-25-47(51)61)66-56-33-15-11-20-42(56)43-21-12-16-34-57(43)66/h1-38H. The quantitative estimate of drug-likeness (QED) is 0.162. The van der Waals surface area contributed by atoms with Crippen LogP contribution in [-0.2, 0) is 0 Å². The van der Waals surface area contributed by atoms with Gasteiger partial charge < -0.3 is 13.6 Å².